The first-order chi connectivity index (χ1) is 15.3. The average molecular weight is 452 g/mol. The van der Waals surface area contributed by atoms with Crippen LogP contribution in [0.1, 0.15) is 38.0 Å². The van der Waals surface area contributed by atoms with E-state index in [4.69, 9.17) is 4.74 Å². The Labute approximate surface area is 186 Å². The van der Waals surface area contributed by atoms with E-state index in [1.54, 1.807) is 17.5 Å². The van der Waals surface area contributed by atoms with Crippen LogP contribution in [0.5, 0.6) is 0 Å². The van der Waals surface area contributed by atoms with Gasteiger partial charge in [0.15, 0.2) is 0 Å². The molecule has 0 saturated heterocycles. The first-order valence-electron chi connectivity index (χ1n) is 9.57. The van der Waals surface area contributed by atoms with Gasteiger partial charge >= 0.3 is 5.97 Å². The highest BCUT2D eigenvalue weighted by Crippen LogP contribution is 2.36. The first-order valence-corrected chi connectivity index (χ1v) is 10.4. The lowest BCUT2D eigenvalue weighted by atomic mass is 10.0. The Morgan fingerprint density at radius 3 is 2.16 bits per heavy atom. The van der Waals surface area contributed by atoms with E-state index in [1.807, 2.05) is 0 Å². The van der Waals surface area contributed by atoms with Crippen LogP contribution < -0.4 is 5.32 Å². The number of thiophene rings is 1. The maximum atomic E-state index is 13.3. The highest BCUT2D eigenvalue weighted by Gasteiger charge is 2.41. The smallest absolute Gasteiger partial charge is 0.341 e. The largest absolute Gasteiger partial charge is 0.465 e. The third kappa shape index (κ3) is 3.56. The number of hydrogen-bond acceptors (Lipinski definition) is 6. The molecule has 4 rings (SSSR count). The fourth-order valence-electron chi connectivity index (χ4n) is 3.49. The molecule has 0 saturated carbocycles. The van der Waals surface area contributed by atoms with Gasteiger partial charge in [-0.15, -0.1) is 11.3 Å². The normalized spacial score (nSPS) is 13.7. The lowest BCUT2D eigenvalue weighted by molar-refractivity contribution is -0.119. The highest BCUT2D eigenvalue weighted by molar-refractivity contribution is 7.15. The first kappa shape index (κ1) is 21.4. The molecule has 3 aromatic rings. The number of carbonyl (C=O) groups is 4. The lowest BCUT2D eigenvalue weighted by Crippen LogP contribution is -2.45. The summed E-state index contributed by atoms with van der Waals surface area (Å²) in [5.74, 6) is -2.86. The van der Waals surface area contributed by atoms with Crippen LogP contribution in [0.25, 0.3) is 11.1 Å². The minimum Gasteiger partial charge on any atom is -0.465 e. The number of imide groups is 1. The molecule has 2 aromatic carbocycles. The number of ether oxygens (including phenoxy) is 1. The SMILES string of the molecule is COC(=O)c1c(-c2ccc(F)cc2)csc1NC(=O)C(C)N1C(=O)c2ccccc2C1=O. The molecule has 0 aliphatic carbocycles. The van der Waals surface area contributed by atoms with Crippen molar-refractivity contribution in [1.29, 1.82) is 0 Å². The van der Waals surface area contributed by atoms with Gasteiger partial charge in [0.25, 0.3) is 11.8 Å². The van der Waals surface area contributed by atoms with Crippen molar-refractivity contribution in [3.63, 3.8) is 0 Å². The summed E-state index contributed by atoms with van der Waals surface area (Å²) >= 11 is 1.08. The molecule has 1 unspecified atom stereocenters. The number of nitrogens with zero attached hydrogens (tertiary/aromatic N) is 1. The van der Waals surface area contributed by atoms with Crippen molar-refractivity contribution in [3.8, 4) is 11.1 Å². The van der Waals surface area contributed by atoms with Gasteiger partial charge in [-0.05, 0) is 36.8 Å². The monoisotopic (exact) mass is 452 g/mol. The van der Waals surface area contributed by atoms with Gasteiger partial charge in [0, 0.05) is 10.9 Å². The molecule has 0 bridgehead atoms. The van der Waals surface area contributed by atoms with Gasteiger partial charge in [-0.25, -0.2) is 9.18 Å². The summed E-state index contributed by atoms with van der Waals surface area (Å²) in [6.07, 6.45) is 0. The molecule has 162 valence electrons. The Balaban J connectivity index is 1.62. The number of anilines is 1. The van der Waals surface area contributed by atoms with Gasteiger partial charge in [-0.3, -0.25) is 19.3 Å². The molecular formula is C23H17FN2O5S. The number of esters is 1. The number of hydrogen-bond donors (Lipinski definition) is 1. The number of fused-ring (bicyclic) bond motifs is 1. The van der Waals surface area contributed by atoms with Crippen molar-refractivity contribution >= 4 is 40.0 Å². The van der Waals surface area contributed by atoms with E-state index in [9.17, 15) is 23.6 Å². The fraction of sp³-hybridized carbons (Fsp3) is 0.130. The summed E-state index contributed by atoms with van der Waals surface area (Å²) in [4.78, 5) is 51.6. The van der Waals surface area contributed by atoms with E-state index in [2.05, 4.69) is 5.32 Å². The third-order valence-electron chi connectivity index (χ3n) is 5.16. The molecule has 3 amide bonds. The zero-order valence-corrected chi connectivity index (χ0v) is 17.9. The van der Waals surface area contributed by atoms with Gasteiger partial charge < -0.3 is 10.1 Å². The van der Waals surface area contributed by atoms with E-state index in [0.29, 0.717) is 11.1 Å². The van der Waals surface area contributed by atoms with Crippen molar-refractivity contribution in [2.24, 2.45) is 0 Å². The summed E-state index contributed by atoms with van der Waals surface area (Å²) in [5.41, 5.74) is 1.61. The molecule has 32 heavy (non-hydrogen) atoms. The highest BCUT2D eigenvalue weighted by atomic mass is 32.1. The Kier molecular flexibility index (Phi) is 5.58. The molecule has 7 nitrogen and oxygen atoms in total. The quantitative estimate of drug-likeness (QED) is 0.467. The molecular weight excluding hydrogens is 435 g/mol. The number of rotatable bonds is 5. The summed E-state index contributed by atoms with van der Waals surface area (Å²) in [7, 11) is 1.21. The van der Waals surface area contributed by atoms with Gasteiger partial charge in [0.05, 0.1) is 18.2 Å². The van der Waals surface area contributed by atoms with E-state index in [1.165, 1.54) is 50.4 Å². The van der Waals surface area contributed by atoms with Crippen molar-refractivity contribution in [3.05, 3.63) is 76.4 Å². The molecule has 2 heterocycles. The Morgan fingerprint density at radius 2 is 1.59 bits per heavy atom. The number of halogens is 1. The second-order valence-electron chi connectivity index (χ2n) is 7.04. The molecule has 1 aliphatic heterocycles. The van der Waals surface area contributed by atoms with Crippen LogP contribution in [0.15, 0.2) is 53.9 Å². The molecule has 0 spiro atoms. The second kappa shape index (κ2) is 8.35. The van der Waals surface area contributed by atoms with Crippen LogP contribution in [-0.2, 0) is 9.53 Å². The van der Waals surface area contributed by atoms with Crippen LogP contribution in [0, 0.1) is 5.82 Å². The molecule has 1 aromatic heterocycles. The number of benzene rings is 2. The minimum atomic E-state index is -1.12. The van der Waals surface area contributed by atoms with Crippen LogP contribution in [0.4, 0.5) is 9.39 Å². The third-order valence-corrected chi connectivity index (χ3v) is 6.06. The molecule has 0 fully saturated rings. The van der Waals surface area contributed by atoms with Crippen molar-refractivity contribution < 1.29 is 28.3 Å². The Morgan fingerprint density at radius 1 is 1.00 bits per heavy atom. The zero-order valence-electron chi connectivity index (χ0n) is 17.0. The van der Waals surface area contributed by atoms with Crippen molar-refractivity contribution in [2.75, 3.05) is 12.4 Å². The predicted octanol–water partition coefficient (Wildman–Crippen LogP) is 3.96. The van der Waals surface area contributed by atoms with Gasteiger partial charge in [-0.1, -0.05) is 24.3 Å². The number of methoxy groups -OCH3 is 1. The molecule has 1 aliphatic rings. The van der Waals surface area contributed by atoms with E-state index in [-0.39, 0.29) is 21.7 Å². The van der Waals surface area contributed by atoms with Crippen LogP contribution >= 0.6 is 11.3 Å². The number of nitrogens with one attached hydrogen (secondary N) is 1. The summed E-state index contributed by atoms with van der Waals surface area (Å²) < 4.78 is 18.2. The fourth-order valence-corrected chi connectivity index (χ4v) is 4.45. The topological polar surface area (TPSA) is 92.8 Å². The van der Waals surface area contributed by atoms with Crippen molar-refractivity contribution in [2.45, 2.75) is 13.0 Å². The Hall–Kier alpha value is -3.85. The van der Waals surface area contributed by atoms with E-state index < -0.39 is 35.5 Å². The molecule has 1 N–H and O–H groups in total. The van der Waals surface area contributed by atoms with E-state index >= 15 is 0 Å². The number of amides is 3. The lowest BCUT2D eigenvalue weighted by Gasteiger charge is -2.21. The van der Waals surface area contributed by atoms with Gasteiger partial charge in [0.1, 0.15) is 22.4 Å². The molecule has 0 radical (unpaired) electrons. The zero-order chi connectivity index (χ0) is 23.0. The van der Waals surface area contributed by atoms with Gasteiger partial charge in [0.2, 0.25) is 5.91 Å². The molecule has 1 atom stereocenters. The van der Waals surface area contributed by atoms with Crippen LogP contribution in [0.2, 0.25) is 0 Å². The summed E-state index contributed by atoms with van der Waals surface area (Å²) in [6.45, 7) is 1.43. The summed E-state index contributed by atoms with van der Waals surface area (Å²) in [5, 5.41) is 4.47. The standard InChI is InChI=1S/C23H17FN2O5S/c1-12(26-21(28)15-5-3-4-6-16(15)22(26)29)19(27)25-20-18(23(30)31-2)17(11-32-20)13-7-9-14(24)10-8-13/h3-12H,1-2H3,(H,25,27). The van der Waals surface area contributed by atoms with Crippen LogP contribution in [-0.4, -0.2) is 41.7 Å². The average Bonchev–Trinajstić information content (AvgIpc) is 3.32. The second-order valence-corrected chi connectivity index (χ2v) is 7.92. The Bertz CT molecular complexity index is 1220. The van der Waals surface area contributed by atoms with E-state index in [0.717, 1.165) is 16.2 Å². The van der Waals surface area contributed by atoms with Crippen molar-refractivity contribution in [1.82, 2.24) is 4.90 Å². The molecule has 9 heteroatoms. The minimum absolute atomic E-state index is 0.104. The van der Waals surface area contributed by atoms with Gasteiger partial charge in [-0.2, -0.15) is 0 Å². The predicted molar refractivity (Wildman–Crippen MR) is 116 cm³/mol. The summed E-state index contributed by atoms with van der Waals surface area (Å²) in [6, 6.07) is 10.8. The van der Waals surface area contributed by atoms with Crippen LogP contribution in [0.3, 0.4) is 0 Å². The number of carbonyl (C=O) groups excluding carboxylic acids is 4. The maximum absolute atomic E-state index is 13.3. The maximum Gasteiger partial charge on any atom is 0.341 e.